The predicted molar refractivity (Wildman–Crippen MR) is 148 cm³/mol. The zero-order chi connectivity index (χ0) is 26.1. The second-order valence-electron chi connectivity index (χ2n) is 8.72. The highest BCUT2D eigenvalue weighted by molar-refractivity contribution is 6.22. The smallest absolute Gasteiger partial charge is 0.270 e. The van der Waals surface area contributed by atoms with Gasteiger partial charge in [0.1, 0.15) is 5.82 Å². The topological polar surface area (TPSA) is 120 Å². The Morgan fingerprint density at radius 3 is 2.26 bits per heavy atom. The first-order valence-electron chi connectivity index (χ1n) is 11.9. The number of aromatic hydroxyl groups is 1. The molecule has 184 valence electrons. The number of non-ortho nitro benzene ring substituents is 1. The van der Waals surface area contributed by atoms with Gasteiger partial charge in [0.25, 0.3) is 5.69 Å². The van der Waals surface area contributed by atoms with Crippen LogP contribution >= 0.6 is 0 Å². The number of aromatic amines is 2. The number of nitrogens with zero attached hydrogens (tertiary/aromatic N) is 3. The number of nitro benzene ring substituents is 1. The van der Waals surface area contributed by atoms with Crippen molar-refractivity contribution in [3.05, 3.63) is 131 Å². The summed E-state index contributed by atoms with van der Waals surface area (Å²) >= 11 is 0. The highest BCUT2D eigenvalue weighted by Gasteiger charge is 2.21. The number of benzene rings is 4. The third kappa shape index (κ3) is 4.31. The first-order valence-corrected chi connectivity index (χ1v) is 11.9. The summed E-state index contributed by atoms with van der Waals surface area (Å²) in [6.07, 6.45) is 1.80. The molecule has 0 saturated heterocycles. The second kappa shape index (κ2) is 9.51. The largest absolute Gasteiger partial charge is 0.494 e. The van der Waals surface area contributed by atoms with Crippen molar-refractivity contribution in [3.8, 4) is 28.5 Å². The lowest BCUT2D eigenvalue weighted by Crippen LogP contribution is -2.03. The lowest BCUT2D eigenvalue weighted by Gasteiger charge is -2.08. The Kier molecular flexibility index (Phi) is 5.74. The zero-order valence-corrected chi connectivity index (χ0v) is 20.0. The molecule has 0 fully saturated rings. The average Bonchev–Trinajstić information content (AvgIpc) is 3.57. The van der Waals surface area contributed by atoms with E-state index >= 15 is 0 Å². The van der Waals surface area contributed by atoms with Crippen molar-refractivity contribution >= 4 is 28.0 Å². The molecule has 3 N–H and O–H groups in total. The van der Waals surface area contributed by atoms with Gasteiger partial charge in [-0.1, -0.05) is 72.8 Å². The van der Waals surface area contributed by atoms with Gasteiger partial charge >= 0.3 is 0 Å². The maximum Gasteiger partial charge on any atom is 0.270 e. The van der Waals surface area contributed by atoms with Gasteiger partial charge in [-0.25, -0.2) is 9.98 Å². The van der Waals surface area contributed by atoms with Crippen LogP contribution in [-0.4, -0.2) is 30.7 Å². The molecule has 0 bridgehead atoms. The van der Waals surface area contributed by atoms with Crippen LogP contribution in [-0.2, 0) is 0 Å². The summed E-state index contributed by atoms with van der Waals surface area (Å²) < 4.78 is 0. The molecule has 0 radical (unpaired) electrons. The fourth-order valence-electron chi connectivity index (χ4n) is 4.44. The van der Waals surface area contributed by atoms with E-state index in [9.17, 15) is 15.2 Å². The third-order valence-electron chi connectivity index (χ3n) is 6.30. The average molecular weight is 500 g/mol. The number of H-pyrrole nitrogens is 2. The number of hydrogen-bond acceptors (Lipinski definition) is 5. The van der Waals surface area contributed by atoms with Crippen LogP contribution in [0.15, 0.2) is 114 Å². The van der Waals surface area contributed by atoms with Crippen LogP contribution in [0.5, 0.6) is 5.88 Å². The molecule has 6 rings (SSSR count). The predicted octanol–water partition coefficient (Wildman–Crippen LogP) is 7.01. The van der Waals surface area contributed by atoms with Crippen molar-refractivity contribution in [2.24, 2.45) is 4.99 Å². The van der Waals surface area contributed by atoms with Crippen molar-refractivity contribution in [3.63, 3.8) is 0 Å². The van der Waals surface area contributed by atoms with Crippen LogP contribution in [0.3, 0.4) is 0 Å². The van der Waals surface area contributed by atoms with Crippen LogP contribution in [0.25, 0.3) is 33.5 Å². The molecule has 0 aliphatic carbocycles. The maximum absolute atomic E-state index is 11.4. The lowest BCUT2D eigenvalue weighted by atomic mass is 10.0. The van der Waals surface area contributed by atoms with Crippen LogP contribution in [0.2, 0.25) is 0 Å². The zero-order valence-electron chi connectivity index (χ0n) is 20.0. The Labute approximate surface area is 217 Å². The highest BCUT2D eigenvalue weighted by Crippen LogP contribution is 2.34. The third-order valence-corrected chi connectivity index (χ3v) is 6.30. The van der Waals surface area contributed by atoms with Crippen molar-refractivity contribution in [1.82, 2.24) is 15.0 Å². The quantitative estimate of drug-likeness (QED) is 0.130. The Balaban J connectivity index is 1.42. The van der Waals surface area contributed by atoms with E-state index in [1.807, 2.05) is 84.9 Å². The summed E-state index contributed by atoms with van der Waals surface area (Å²) in [7, 11) is 0. The van der Waals surface area contributed by atoms with Crippen LogP contribution in [0, 0.1) is 10.1 Å². The molecule has 0 aliphatic heterocycles. The molecule has 0 unspecified atom stereocenters. The van der Waals surface area contributed by atoms with Crippen LogP contribution in [0.1, 0.15) is 11.1 Å². The van der Waals surface area contributed by atoms with E-state index in [-0.39, 0.29) is 11.6 Å². The summed E-state index contributed by atoms with van der Waals surface area (Å²) in [4.78, 5) is 26.6. The van der Waals surface area contributed by atoms with Crippen LogP contribution in [0.4, 0.5) is 11.4 Å². The summed E-state index contributed by atoms with van der Waals surface area (Å²) in [6, 6.07) is 31.4. The van der Waals surface area contributed by atoms with Gasteiger partial charge in [-0.2, -0.15) is 0 Å². The van der Waals surface area contributed by atoms with Gasteiger partial charge in [0, 0.05) is 34.2 Å². The molecule has 0 spiro atoms. The standard InChI is InChI=1S/C30H21N5O3/c36-30-27(24-17-23(35(37)38)15-16-25(24)34-30)28(20-7-3-1-4-8-20)32-22-13-11-19(12-14-22)26-18-31-29(33-26)21-9-5-2-6-10-21/h1-18,34,36H,(H,31,33). The van der Waals surface area contributed by atoms with E-state index in [4.69, 9.17) is 4.99 Å². The molecular formula is C30H21N5O3. The molecule has 6 aromatic rings. The highest BCUT2D eigenvalue weighted by atomic mass is 16.6. The van der Waals surface area contributed by atoms with Gasteiger partial charge in [-0.05, 0) is 23.8 Å². The van der Waals surface area contributed by atoms with Gasteiger partial charge in [-0.3, -0.25) is 10.1 Å². The first kappa shape index (κ1) is 22.9. The molecule has 0 amide bonds. The fraction of sp³-hybridized carbons (Fsp3) is 0. The van der Waals surface area contributed by atoms with Gasteiger partial charge < -0.3 is 15.1 Å². The number of fused-ring (bicyclic) bond motifs is 1. The van der Waals surface area contributed by atoms with E-state index < -0.39 is 4.92 Å². The first-order chi connectivity index (χ1) is 18.6. The number of nitrogens with one attached hydrogen (secondary N) is 2. The molecule has 2 heterocycles. The minimum absolute atomic E-state index is 0.0658. The lowest BCUT2D eigenvalue weighted by molar-refractivity contribution is -0.384. The maximum atomic E-state index is 11.4. The summed E-state index contributed by atoms with van der Waals surface area (Å²) in [5.74, 6) is 0.684. The molecular weight excluding hydrogens is 478 g/mol. The Morgan fingerprint density at radius 1 is 0.842 bits per heavy atom. The van der Waals surface area contributed by atoms with Crippen molar-refractivity contribution in [2.45, 2.75) is 0 Å². The molecule has 0 atom stereocenters. The summed E-state index contributed by atoms with van der Waals surface area (Å²) in [5.41, 5.74) is 5.67. The summed E-state index contributed by atoms with van der Waals surface area (Å²) in [6.45, 7) is 0. The Hall–Kier alpha value is -5.50. The second-order valence-corrected chi connectivity index (χ2v) is 8.72. The molecule has 2 aromatic heterocycles. The minimum Gasteiger partial charge on any atom is -0.494 e. The van der Waals surface area contributed by atoms with E-state index in [2.05, 4.69) is 15.0 Å². The molecule has 8 nitrogen and oxygen atoms in total. The van der Waals surface area contributed by atoms with Crippen molar-refractivity contribution < 1.29 is 10.0 Å². The van der Waals surface area contributed by atoms with E-state index in [0.29, 0.717) is 27.9 Å². The van der Waals surface area contributed by atoms with E-state index in [1.165, 1.54) is 12.1 Å². The molecule has 0 aliphatic rings. The van der Waals surface area contributed by atoms with Gasteiger partial charge in [0.15, 0.2) is 5.88 Å². The van der Waals surface area contributed by atoms with Gasteiger partial charge in [0.05, 0.1) is 33.8 Å². The number of aromatic nitrogens is 3. The number of imidazole rings is 1. The van der Waals surface area contributed by atoms with Gasteiger partial charge in [0.2, 0.25) is 0 Å². The van der Waals surface area contributed by atoms with Gasteiger partial charge in [-0.15, -0.1) is 0 Å². The van der Waals surface area contributed by atoms with Crippen molar-refractivity contribution in [2.75, 3.05) is 0 Å². The Morgan fingerprint density at radius 2 is 1.55 bits per heavy atom. The molecule has 4 aromatic carbocycles. The van der Waals surface area contributed by atoms with E-state index in [0.717, 1.165) is 28.2 Å². The van der Waals surface area contributed by atoms with E-state index in [1.54, 1.807) is 12.3 Å². The number of aliphatic imine (C=N–C) groups is 1. The Bertz CT molecular complexity index is 1790. The molecule has 8 heteroatoms. The number of hydrogen-bond donors (Lipinski definition) is 3. The van der Waals surface area contributed by atoms with Crippen LogP contribution < -0.4 is 0 Å². The fourth-order valence-corrected chi connectivity index (χ4v) is 4.44. The monoisotopic (exact) mass is 499 g/mol. The number of rotatable bonds is 6. The number of nitro groups is 1. The molecule has 0 saturated carbocycles. The van der Waals surface area contributed by atoms with Crippen molar-refractivity contribution in [1.29, 1.82) is 0 Å². The summed E-state index contributed by atoms with van der Waals surface area (Å²) in [5, 5.41) is 22.8. The SMILES string of the molecule is O=[N+]([O-])c1ccc2[nH]c(O)c(C(=Nc3ccc(-c4cnc(-c5ccccc5)[nH]4)cc3)c3ccccc3)c2c1. The molecule has 38 heavy (non-hydrogen) atoms. The minimum atomic E-state index is -0.454. The normalized spacial score (nSPS) is 11.6.